The largest absolute Gasteiger partial charge is 0.456 e. The van der Waals surface area contributed by atoms with E-state index in [1.165, 1.54) is 21.8 Å². The quantitative estimate of drug-likeness (QED) is 0.188. The van der Waals surface area contributed by atoms with E-state index in [1.54, 1.807) is 0 Å². The molecule has 5 nitrogen and oxygen atoms in total. The van der Waals surface area contributed by atoms with Crippen molar-refractivity contribution in [3.63, 3.8) is 0 Å². The Morgan fingerprint density at radius 2 is 0.820 bits per heavy atom. The van der Waals surface area contributed by atoms with Crippen LogP contribution < -0.4 is 0 Å². The molecule has 0 aliphatic carbocycles. The van der Waals surface area contributed by atoms with Gasteiger partial charge >= 0.3 is 0 Å². The number of nitrogens with zero attached hydrogens (tertiary/aromatic N) is 4. The van der Waals surface area contributed by atoms with Gasteiger partial charge in [-0.15, -0.1) is 0 Å². The molecule has 0 radical (unpaired) electrons. The van der Waals surface area contributed by atoms with Crippen LogP contribution in [0.15, 0.2) is 174 Å². The molecule has 0 unspecified atom stereocenters. The molecule has 0 saturated heterocycles. The lowest BCUT2D eigenvalue weighted by atomic mass is 10.0. The molecule has 10 rings (SSSR count). The van der Waals surface area contributed by atoms with E-state index in [0.717, 1.165) is 55.4 Å². The number of rotatable bonds is 5. The first-order chi connectivity index (χ1) is 24.8. The van der Waals surface area contributed by atoms with Crippen LogP contribution in [0.3, 0.4) is 0 Å². The molecule has 0 atom stereocenters. The van der Waals surface area contributed by atoms with Crippen LogP contribution in [-0.4, -0.2) is 19.5 Å². The smallest absolute Gasteiger partial charge is 0.164 e. The fraction of sp³-hybridized carbons (Fsp3) is 0. The third kappa shape index (κ3) is 4.67. The molecule has 10 aromatic rings. The predicted molar refractivity (Wildman–Crippen MR) is 203 cm³/mol. The zero-order valence-electron chi connectivity index (χ0n) is 26.9. The lowest BCUT2D eigenvalue weighted by Crippen LogP contribution is -2.00. The highest BCUT2D eigenvalue weighted by atomic mass is 16.3. The molecule has 5 heteroatoms. The highest BCUT2D eigenvalue weighted by molar-refractivity contribution is 6.10. The number of hydrogen-bond donors (Lipinski definition) is 0. The SMILES string of the molecule is c1ccc(-c2nc(-c3ccccc3)nc(-c3cccc(-c4ccc5c(c4)oc4cc(-n6c7ccccc7c7ccccc76)ccc45)c3)n2)cc1. The molecule has 50 heavy (non-hydrogen) atoms. The summed E-state index contributed by atoms with van der Waals surface area (Å²) in [7, 11) is 0. The topological polar surface area (TPSA) is 56.7 Å². The molecule has 234 valence electrons. The number of para-hydroxylation sites is 2. The van der Waals surface area contributed by atoms with Crippen LogP contribution in [0, 0.1) is 0 Å². The van der Waals surface area contributed by atoms with Crippen LogP contribution in [0.2, 0.25) is 0 Å². The van der Waals surface area contributed by atoms with Gasteiger partial charge in [0.1, 0.15) is 11.2 Å². The van der Waals surface area contributed by atoms with Gasteiger partial charge in [-0.2, -0.15) is 0 Å². The van der Waals surface area contributed by atoms with E-state index in [-0.39, 0.29) is 0 Å². The minimum Gasteiger partial charge on any atom is -0.456 e. The molecule has 3 heterocycles. The molecule has 0 spiro atoms. The Balaban J connectivity index is 1.06. The fourth-order valence-corrected chi connectivity index (χ4v) is 7.06. The van der Waals surface area contributed by atoms with Crippen LogP contribution >= 0.6 is 0 Å². The van der Waals surface area contributed by atoms with E-state index >= 15 is 0 Å². The second-order valence-electron chi connectivity index (χ2n) is 12.5. The van der Waals surface area contributed by atoms with Gasteiger partial charge in [0.05, 0.1) is 11.0 Å². The van der Waals surface area contributed by atoms with Gasteiger partial charge in [0.25, 0.3) is 0 Å². The lowest BCUT2D eigenvalue weighted by Gasteiger charge is -2.09. The highest BCUT2D eigenvalue weighted by Crippen LogP contribution is 2.37. The van der Waals surface area contributed by atoms with Crippen LogP contribution in [0.4, 0.5) is 0 Å². The Morgan fingerprint density at radius 3 is 1.46 bits per heavy atom. The summed E-state index contributed by atoms with van der Waals surface area (Å²) in [6, 6.07) is 58.6. The Morgan fingerprint density at radius 1 is 0.340 bits per heavy atom. The first-order valence-electron chi connectivity index (χ1n) is 16.7. The number of benzene rings is 7. The summed E-state index contributed by atoms with van der Waals surface area (Å²) in [6.45, 7) is 0. The van der Waals surface area contributed by atoms with Crippen LogP contribution in [0.5, 0.6) is 0 Å². The van der Waals surface area contributed by atoms with E-state index in [0.29, 0.717) is 17.5 Å². The molecule has 0 bridgehead atoms. The van der Waals surface area contributed by atoms with Gasteiger partial charge in [0.2, 0.25) is 0 Å². The Labute approximate surface area is 287 Å². The Kier molecular flexibility index (Phi) is 6.42. The second kappa shape index (κ2) is 11.4. The lowest BCUT2D eigenvalue weighted by molar-refractivity contribution is 0.669. The molecular formula is C45H28N4O. The number of fused-ring (bicyclic) bond motifs is 6. The van der Waals surface area contributed by atoms with Crippen molar-refractivity contribution >= 4 is 43.7 Å². The van der Waals surface area contributed by atoms with Crippen molar-refractivity contribution < 1.29 is 4.42 Å². The monoisotopic (exact) mass is 640 g/mol. The summed E-state index contributed by atoms with van der Waals surface area (Å²) < 4.78 is 8.90. The average Bonchev–Trinajstić information content (AvgIpc) is 3.73. The first-order valence-corrected chi connectivity index (χ1v) is 16.7. The molecule has 0 fully saturated rings. The maximum Gasteiger partial charge on any atom is 0.164 e. The summed E-state index contributed by atoms with van der Waals surface area (Å²) >= 11 is 0. The van der Waals surface area contributed by atoms with Gasteiger partial charge in [-0.25, -0.2) is 15.0 Å². The maximum atomic E-state index is 6.58. The molecular weight excluding hydrogens is 613 g/mol. The van der Waals surface area contributed by atoms with Crippen molar-refractivity contribution in [3.05, 3.63) is 170 Å². The first kappa shape index (κ1) is 28.2. The minimum atomic E-state index is 0.627. The number of hydrogen-bond acceptors (Lipinski definition) is 4. The van der Waals surface area contributed by atoms with Gasteiger partial charge in [0, 0.05) is 50.0 Å². The molecule has 0 saturated carbocycles. The molecule has 7 aromatic carbocycles. The zero-order valence-corrected chi connectivity index (χ0v) is 26.9. The summed E-state index contributed by atoms with van der Waals surface area (Å²) in [5, 5.41) is 4.66. The third-order valence-electron chi connectivity index (χ3n) is 9.45. The molecule has 0 N–H and O–H groups in total. The van der Waals surface area contributed by atoms with Crippen molar-refractivity contribution in [3.8, 4) is 51.0 Å². The molecule has 0 aliphatic heterocycles. The van der Waals surface area contributed by atoms with Crippen molar-refractivity contribution in [2.75, 3.05) is 0 Å². The normalized spacial score (nSPS) is 11.6. The standard InChI is InChI=1S/C45H28N4O/c1-3-12-29(13-4-1)43-46-44(30-14-5-2-6-15-30)48-45(47-43)33-17-11-16-31(26-33)32-22-24-37-38-25-23-34(28-42(38)50-41(37)27-32)49-39-20-9-7-18-35(39)36-19-8-10-21-40(36)49/h1-28H. The maximum absolute atomic E-state index is 6.58. The summed E-state index contributed by atoms with van der Waals surface area (Å²) in [5.41, 5.74) is 10.1. The van der Waals surface area contributed by atoms with Gasteiger partial charge in [-0.3, -0.25) is 0 Å². The Hall–Kier alpha value is -6.85. The van der Waals surface area contributed by atoms with Gasteiger partial charge in [0.15, 0.2) is 17.5 Å². The van der Waals surface area contributed by atoms with Crippen molar-refractivity contribution in [1.82, 2.24) is 19.5 Å². The molecule has 0 aliphatic rings. The van der Waals surface area contributed by atoms with Gasteiger partial charge in [-0.05, 0) is 53.6 Å². The fourth-order valence-electron chi connectivity index (χ4n) is 7.06. The number of aromatic nitrogens is 4. The van der Waals surface area contributed by atoms with E-state index < -0.39 is 0 Å². The molecule has 3 aromatic heterocycles. The van der Waals surface area contributed by atoms with Gasteiger partial charge < -0.3 is 8.98 Å². The highest BCUT2D eigenvalue weighted by Gasteiger charge is 2.16. The summed E-state index contributed by atoms with van der Waals surface area (Å²) in [5.74, 6) is 1.91. The van der Waals surface area contributed by atoms with Crippen molar-refractivity contribution in [2.45, 2.75) is 0 Å². The van der Waals surface area contributed by atoms with E-state index in [1.807, 2.05) is 60.7 Å². The summed E-state index contributed by atoms with van der Waals surface area (Å²) in [4.78, 5) is 14.7. The van der Waals surface area contributed by atoms with E-state index in [2.05, 4.69) is 114 Å². The van der Waals surface area contributed by atoms with E-state index in [9.17, 15) is 0 Å². The van der Waals surface area contributed by atoms with Crippen LogP contribution in [-0.2, 0) is 0 Å². The van der Waals surface area contributed by atoms with Crippen molar-refractivity contribution in [2.24, 2.45) is 0 Å². The number of furan rings is 1. The molecule has 0 amide bonds. The third-order valence-corrected chi connectivity index (χ3v) is 9.45. The Bertz CT molecular complexity index is 2760. The second-order valence-corrected chi connectivity index (χ2v) is 12.5. The van der Waals surface area contributed by atoms with Gasteiger partial charge in [-0.1, -0.05) is 121 Å². The van der Waals surface area contributed by atoms with Crippen molar-refractivity contribution in [1.29, 1.82) is 0 Å². The minimum absolute atomic E-state index is 0.627. The van der Waals surface area contributed by atoms with Crippen LogP contribution in [0.25, 0.3) is 94.7 Å². The van der Waals surface area contributed by atoms with E-state index in [4.69, 9.17) is 19.4 Å². The zero-order chi connectivity index (χ0) is 33.0. The average molecular weight is 641 g/mol. The van der Waals surface area contributed by atoms with Crippen LogP contribution in [0.1, 0.15) is 0 Å². The predicted octanol–water partition coefficient (Wildman–Crippen LogP) is 11.5. The summed E-state index contributed by atoms with van der Waals surface area (Å²) in [6.07, 6.45) is 0.